The number of ether oxygens (including phenoxy) is 2. The quantitative estimate of drug-likeness (QED) is 0.313. The fourth-order valence-electron chi connectivity index (χ4n) is 4.32. The molecule has 3 aromatic rings. The first-order chi connectivity index (χ1) is 17.0. The van der Waals surface area contributed by atoms with E-state index in [1.165, 1.54) is 6.33 Å². The minimum atomic E-state index is -0.335. The molecule has 35 heavy (non-hydrogen) atoms. The van der Waals surface area contributed by atoms with Gasteiger partial charge in [-0.15, -0.1) is 0 Å². The maximum atomic E-state index is 14.6. The molecule has 1 fully saturated rings. The second kappa shape index (κ2) is 11.8. The topological polar surface area (TPSA) is 111 Å². The Morgan fingerprint density at radius 1 is 1.20 bits per heavy atom. The Balaban J connectivity index is 1.50. The highest BCUT2D eigenvalue weighted by Gasteiger charge is 2.25. The van der Waals surface area contributed by atoms with Crippen LogP contribution < -0.4 is 25.8 Å². The number of nitrogens with one attached hydrogen (secondary N) is 2. The number of carbonyl (C=O) groups is 1. The Labute approximate surface area is 217 Å². The number of rotatable bonds is 9. The van der Waals surface area contributed by atoms with Gasteiger partial charge in [0.15, 0.2) is 17.3 Å². The fourth-order valence-corrected chi connectivity index (χ4v) is 4.82. The van der Waals surface area contributed by atoms with Crippen LogP contribution in [0.25, 0.3) is 10.9 Å². The molecular formula is C25H29FIN5O3. The number of amides is 1. The molecular weight excluding hydrogens is 564 g/mol. The molecule has 1 amide bonds. The number of carbonyl (C=O) groups excluding carboxylic acids is 1. The molecule has 0 atom stereocenters. The van der Waals surface area contributed by atoms with Crippen LogP contribution in [-0.4, -0.2) is 42.2 Å². The third-order valence-corrected chi connectivity index (χ3v) is 6.99. The van der Waals surface area contributed by atoms with Gasteiger partial charge in [0, 0.05) is 31.0 Å². The van der Waals surface area contributed by atoms with Crippen LogP contribution >= 0.6 is 22.6 Å². The molecule has 0 spiro atoms. The minimum absolute atomic E-state index is 0.0129. The summed E-state index contributed by atoms with van der Waals surface area (Å²) in [6.45, 7) is 0.956. The number of benzene rings is 2. The van der Waals surface area contributed by atoms with Gasteiger partial charge in [0.05, 0.1) is 28.0 Å². The van der Waals surface area contributed by atoms with E-state index in [2.05, 4.69) is 20.6 Å². The monoisotopic (exact) mass is 593 g/mol. The lowest BCUT2D eigenvalue weighted by atomic mass is 9.85. The lowest BCUT2D eigenvalue weighted by Gasteiger charge is -2.29. The van der Waals surface area contributed by atoms with Gasteiger partial charge in [-0.25, -0.2) is 14.4 Å². The molecule has 0 bridgehead atoms. The molecule has 10 heteroatoms. The van der Waals surface area contributed by atoms with E-state index >= 15 is 0 Å². The van der Waals surface area contributed by atoms with Crippen molar-refractivity contribution in [1.29, 1.82) is 0 Å². The molecule has 1 saturated carbocycles. The minimum Gasteiger partial charge on any atom is -0.493 e. The lowest BCUT2D eigenvalue weighted by Crippen LogP contribution is -2.32. The predicted molar refractivity (Wildman–Crippen MR) is 142 cm³/mol. The van der Waals surface area contributed by atoms with E-state index in [1.54, 1.807) is 31.4 Å². The number of methoxy groups -OCH3 is 1. The van der Waals surface area contributed by atoms with Gasteiger partial charge in [0.1, 0.15) is 12.1 Å². The second-order valence-corrected chi connectivity index (χ2v) is 9.73. The number of nitrogens with two attached hydrogens (primary N) is 1. The molecule has 1 aliphatic carbocycles. The van der Waals surface area contributed by atoms with Gasteiger partial charge < -0.3 is 25.8 Å². The Morgan fingerprint density at radius 3 is 2.74 bits per heavy atom. The maximum absolute atomic E-state index is 14.6. The van der Waals surface area contributed by atoms with Crippen molar-refractivity contribution in [2.24, 2.45) is 11.7 Å². The van der Waals surface area contributed by atoms with Crippen LogP contribution in [0.5, 0.6) is 11.5 Å². The number of aromatic nitrogens is 2. The first-order valence-electron chi connectivity index (χ1n) is 11.7. The largest absolute Gasteiger partial charge is 0.493 e. The number of hydrogen-bond donors (Lipinski definition) is 3. The highest BCUT2D eigenvalue weighted by molar-refractivity contribution is 14.1. The van der Waals surface area contributed by atoms with E-state index in [0.29, 0.717) is 62.9 Å². The van der Waals surface area contributed by atoms with Crippen molar-refractivity contribution < 1.29 is 18.7 Å². The molecule has 0 unspecified atom stereocenters. The first-order valence-corrected chi connectivity index (χ1v) is 12.7. The van der Waals surface area contributed by atoms with E-state index in [9.17, 15) is 9.18 Å². The van der Waals surface area contributed by atoms with Gasteiger partial charge in [0.2, 0.25) is 5.91 Å². The van der Waals surface area contributed by atoms with Crippen molar-refractivity contribution in [3.8, 4) is 11.5 Å². The normalized spacial score (nSPS) is 17.7. The summed E-state index contributed by atoms with van der Waals surface area (Å²) in [6.07, 6.45) is 5.49. The number of halogens is 2. The number of fused-ring (bicyclic) bond motifs is 1. The molecule has 8 nitrogen and oxygen atoms in total. The van der Waals surface area contributed by atoms with Crippen molar-refractivity contribution in [2.75, 3.05) is 25.5 Å². The average Bonchev–Trinajstić information content (AvgIpc) is 2.86. The number of anilines is 2. The molecule has 4 rings (SSSR count). The van der Waals surface area contributed by atoms with Gasteiger partial charge >= 0.3 is 0 Å². The Hall–Kier alpha value is -2.73. The van der Waals surface area contributed by atoms with E-state index in [-0.39, 0.29) is 17.8 Å². The molecule has 0 radical (unpaired) electrons. The molecule has 1 heterocycles. The van der Waals surface area contributed by atoms with Crippen LogP contribution in [0.2, 0.25) is 0 Å². The standard InChI is InChI=1S/C25H29FIN5O3/c1-34-21-13-20-17(25(31-14-30-20)32-19-4-2-3-18(27)24(19)26)12-22(21)35-16-7-5-15(6-8-16)11-23(33)29-10-9-28/h2-4,12-16H,5-11,28H2,1H3,(H,29,33)(H,30,31,32). The molecule has 1 aromatic heterocycles. The maximum Gasteiger partial charge on any atom is 0.220 e. The van der Waals surface area contributed by atoms with E-state index in [0.717, 1.165) is 25.7 Å². The van der Waals surface area contributed by atoms with Gasteiger partial charge in [-0.1, -0.05) is 6.07 Å². The van der Waals surface area contributed by atoms with Gasteiger partial charge in [0.25, 0.3) is 0 Å². The van der Waals surface area contributed by atoms with Gasteiger partial charge in [-0.2, -0.15) is 0 Å². The number of nitrogens with zero attached hydrogens (tertiary/aromatic N) is 2. The van der Waals surface area contributed by atoms with Crippen LogP contribution in [0.4, 0.5) is 15.9 Å². The van der Waals surface area contributed by atoms with Crippen molar-refractivity contribution in [1.82, 2.24) is 15.3 Å². The van der Waals surface area contributed by atoms with Crippen molar-refractivity contribution in [3.05, 3.63) is 46.0 Å². The summed E-state index contributed by atoms with van der Waals surface area (Å²) in [6, 6.07) is 8.80. The van der Waals surface area contributed by atoms with E-state index in [4.69, 9.17) is 15.2 Å². The fraction of sp³-hybridized carbons (Fsp3) is 0.400. The highest BCUT2D eigenvalue weighted by atomic mass is 127. The third-order valence-electron chi connectivity index (χ3n) is 6.15. The third kappa shape index (κ3) is 6.29. The van der Waals surface area contributed by atoms with Crippen molar-refractivity contribution in [3.63, 3.8) is 0 Å². The van der Waals surface area contributed by atoms with Gasteiger partial charge in [-0.3, -0.25) is 4.79 Å². The SMILES string of the molecule is COc1cc2ncnc(Nc3cccc(I)c3F)c2cc1OC1CCC(CC(=O)NCCN)CC1. The summed E-state index contributed by atoms with van der Waals surface area (Å²) in [7, 11) is 1.59. The van der Waals surface area contributed by atoms with Crippen LogP contribution in [0.3, 0.4) is 0 Å². The summed E-state index contributed by atoms with van der Waals surface area (Å²) in [5.41, 5.74) is 6.44. The first kappa shape index (κ1) is 25.4. The molecule has 0 aliphatic heterocycles. The van der Waals surface area contributed by atoms with Crippen LogP contribution in [-0.2, 0) is 4.79 Å². The zero-order valence-electron chi connectivity index (χ0n) is 19.5. The predicted octanol–water partition coefficient (Wildman–Crippen LogP) is 4.53. The summed E-state index contributed by atoms with van der Waals surface area (Å²) >= 11 is 1.96. The molecule has 2 aromatic carbocycles. The van der Waals surface area contributed by atoms with E-state index in [1.807, 2.05) is 28.7 Å². The zero-order chi connectivity index (χ0) is 24.8. The Bertz CT molecular complexity index is 1190. The van der Waals surface area contributed by atoms with Crippen molar-refractivity contribution >= 4 is 50.9 Å². The molecule has 0 saturated heterocycles. The summed E-state index contributed by atoms with van der Waals surface area (Å²) < 4.78 is 27.0. The summed E-state index contributed by atoms with van der Waals surface area (Å²) in [5, 5.41) is 6.63. The van der Waals surface area contributed by atoms with Gasteiger partial charge in [-0.05, 0) is 72.4 Å². The van der Waals surface area contributed by atoms with E-state index < -0.39 is 0 Å². The smallest absolute Gasteiger partial charge is 0.220 e. The molecule has 186 valence electrons. The van der Waals surface area contributed by atoms with Crippen molar-refractivity contribution in [2.45, 2.75) is 38.2 Å². The van der Waals surface area contributed by atoms with Crippen LogP contribution in [0.15, 0.2) is 36.7 Å². The Kier molecular flexibility index (Phi) is 8.55. The zero-order valence-corrected chi connectivity index (χ0v) is 21.7. The summed E-state index contributed by atoms with van der Waals surface area (Å²) in [4.78, 5) is 20.7. The number of hydrogen-bond acceptors (Lipinski definition) is 7. The molecule has 1 aliphatic rings. The Morgan fingerprint density at radius 2 is 2.00 bits per heavy atom. The lowest BCUT2D eigenvalue weighted by molar-refractivity contribution is -0.122. The summed E-state index contributed by atoms with van der Waals surface area (Å²) in [5.74, 6) is 1.71. The highest BCUT2D eigenvalue weighted by Crippen LogP contribution is 2.38. The van der Waals surface area contributed by atoms with Crippen LogP contribution in [0.1, 0.15) is 32.1 Å². The van der Waals surface area contributed by atoms with Crippen LogP contribution in [0, 0.1) is 15.3 Å². The second-order valence-electron chi connectivity index (χ2n) is 8.57. The average molecular weight is 593 g/mol. The molecule has 4 N–H and O–H groups in total.